The lowest BCUT2D eigenvalue weighted by atomic mass is 9.91. The van der Waals surface area contributed by atoms with Crippen molar-refractivity contribution in [1.82, 2.24) is 0 Å². The quantitative estimate of drug-likeness (QED) is 0.873. The molecule has 1 aliphatic rings. The van der Waals surface area contributed by atoms with Crippen molar-refractivity contribution in [2.45, 2.75) is 12.8 Å². The van der Waals surface area contributed by atoms with Gasteiger partial charge in [-0.25, -0.2) is 0 Å². The lowest BCUT2D eigenvalue weighted by Gasteiger charge is -2.25. The van der Waals surface area contributed by atoms with Crippen molar-refractivity contribution in [1.29, 1.82) is 0 Å². The Morgan fingerprint density at radius 2 is 1.83 bits per heavy atom. The number of rotatable bonds is 2. The Kier molecular flexibility index (Phi) is 2.93. The van der Waals surface area contributed by atoms with Crippen LogP contribution in [0.15, 0.2) is 48.5 Å². The van der Waals surface area contributed by atoms with Crippen LogP contribution in [-0.2, 0) is 12.8 Å². The molecular formula is C16H16O2. The van der Waals surface area contributed by atoms with E-state index in [-0.39, 0.29) is 0 Å². The Bertz CT molecular complexity index is 531. The smallest absolute Gasteiger partial charge is 0.122 e. The van der Waals surface area contributed by atoms with Gasteiger partial charge in [-0.3, -0.25) is 0 Å². The van der Waals surface area contributed by atoms with Crippen LogP contribution >= 0.6 is 0 Å². The van der Waals surface area contributed by atoms with E-state index in [1.165, 1.54) is 11.1 Å². The molecule has 1 heterocycles. The third-order valence-electron chi connectivity index (χ3n) is 3.42. The number of phenols is 1. The van der Waals surface area contributed by atoms with Gasteiger partial charge in [-0.2, -0.15) is 0 Å². The van der Waals surface area contributed by atoms with E-state index in [1.807, 2.05) is 24.3 Å². The third-order valence-corrected chi connectivity index (χ3v) is 3.42. The fourth-order valence-electron chi connectivity index (χ4n) is 2.49. The number of ether oxygens (including phenoxy) is 1. The van der Waals surface area contributed by atoms with E-state index in [0.29, 0.717) is 11.7 Å². The van der Waals surface area contributed by atoms with Crippen LogP contribution in [0.3, 0.4) is 0 Å². The fraction of sp³-hybridized carbons (Fsp3) is 0.250. The van der Waals surface area contributed by atoms with Gasteiger partial charge < -0.3 is 9.84 Å². The van der Waals surface area contributed by atoms with Crippen LogP contribution in [0.5, 0.6) is 11.5 Å². The Balaban J connectivity index is 1.71. The van der Waals surface area contributed by atoms with E-state index in [9.17, 15) is 5.11 Å². The molecule has 1 unspecified atom stereocenters. The lowest BCUT2D eigenvalue weighted by Crippen LogP contribution is -2.22. The summed E-state index contributed by atoms with van der Waals surface area (Å²) in [5.41, 5.74) is 2.55. The van der Waals surface area contributed by atoms with Gasteiger partial charge in [0, 0.05) is 5.92 Å². The molecule has 1 N–H and O–H groups in total. The number of fused-ring (bicyclic) bond motifs is 1. The minimum absolute atomic E-state index is 0.323. The van der Waals surface area contributed by atoms with E-state index < -0.39 is 0 Å². The first-order valence-corrected chi connectivity index (χ1v) is 6.30. The second-order valence-electron chi connectivity index (χ2n) is 4.86. The molecule has 0 amide bonds. The minimum atomic E-state index is 0.323. The third kappa shape index (κ3) is 2.33. The summed E-state index contributed by atoms with van der Waals surface area (Å²) in [6.45, 7) is 0.776. The molecule has 2 aromatic carbocycles. The van der Waals surface area contributed by atoms with E-state index in [0.717, 1.165) is 25.2 Å². The molecule has 1 atom stereocenters. The predicted molar refractivity (Wildman–Crippen MR) is 70.9 cm³/mol. The average Bonchev–Trinajstić information content (AvgIpc) is 2.41. The van der Waals surface area contributed by atoms with Gasteiger partial charge in [0.05, 0.1) is 6.61 Å². The van der Waals surface area contributed by atoms with Crippen molar-refractivity contribution in [2.24, 2.45) is 5.92 Å². The van der Waals surface area contributed by atoms with Crippen LogP contribution in [0.1, 0.15) is 11.1 Å². The molecule has 3 rings (SSSR count). The molecule has 0 aromatic heterocycles. The Hall–Kier alpha value is -1.96. The van der Waals surface area contributed by atoms with Crippen LogP contribution < -0.4 is 4.74 Å². The largest absolute Gasteiger partial charge is 0.508 e. The number of para-hydroxylation sites is 1. The summed E-state index contributed by atoms with van der Waals surface area (Å²) in [7, 11) is 0. The maximum atomic E-state index is 9.27. The minimum Gasteiger partial charge on any atom is -0.508 e. The van der Waals surface area contributed by atoms with Crippen LogP contribution in [-0.4, -0.2) is 11.7 Å². The highest BCUT2D eigenvalue weighted by Gasteiger charge is 2.19. The topological polar surface area (TPSA) is 29.5 Å². The zero-order valence-corrected chi connectivity index (χ0v) is 10.2. The molecule has 0 spiro atoms. The Morgan fingerprint density at radius 1 is 1.06 bits per heavy atom. The highest BCUT2D eigenvalue weighted by molar-refractivity contribution is 5.35. The number of benzene rings is 2. The Morgan fingerprint density at radius 3 is 2.67 bits per heavy atom. The molecule has 0 radical (unpaired) electrons. The van der Waals surface area contributed by atoms with Crippen LogP contribution in [0.2, 0.25) is 0 Å². The van der Waals surface area contributed by atoms with Crippen molar-refractivity contribution in [3.05, 3.63) is 59.7 Å². The highest BCUT2D eigenvalue weighted by Crippen LogP contribution is 2.28. The van der Waals surface area contributed by atoms with Gasteiger partial charge in [0.1, 0.15) is 11.5 Å². The fourth-order valence-corrected chi connectivity index (χ4v) is 2.49. The molecule has 0 fully saturated rings. The highest BCUT2D eigenvalue weighted by atomic mass is 16.5. The number of aromatic hydroxyl groups is 1. The van der Waals surface area contributed by atoms with Crippen LogP contribution in [0.4, 0.5) is 0 Å². The summed E-state index contributed by atoms with van der Waals surface area (Å²) in [4.78, 5) is 0. The van der Waals surface area contributed by atoms with E-state index in [1.54, 1.807) is 12.1 Å². The summed E-state index contributed by atoms with van der Waals surface area (Å²) >= 11 is 0. The van der Waals surface area contributed by atoms with Crippen molar-refractivity contribution >= 4 is 0 Å². The number of phenolic OH excluding ortho intramolecular Hbond substituents is 1. The number of hydrogen-bond donors (Lipinski definition) is 1. The summed E-state index contributed by atoms with van der Waals surface area (Å²) in [6.07, 6.45) is 2.06. The molecule has 2 heteroatoms. The monoisotopic (exact) mass is 240 g/mol. The van der Waals surface area contributed by atoms with E-state index in [4.69, 9.17) is 4.74 Å². The second-order valence-corrected chi connectivity index (χ2v) is 4.86. The van der Waals surface area contributed by atoms with Gasteiger partial charge in [-0.1, -0.05) is 30.3 Å². The van der Waals surface area contributed by atoms with E-state index in [2.05, 4.69) is 12.1 Å². The Labute approximate surface area is 107 Å². The first kappa shape index (κ1) is 11.1. The van der Waals surface area contributed by atoms with Crippen molar-refractivity contribution in [3.8, 4) is 11.5 Å². The van der Waals surface area contributed by atoms with Crippen LogP contribution in [0, 0.1) is 5.92 Å². The molecule has 0 aliphatic carbocycles. The molecule has 0 saturated carbocycles. The van der Waals surface area contributed by atoms with Crippen molar-refractivity contribution in [3.63, 3.8) is 0 Å². The van der Waals surface area contributed by atoms with Gasteiger partial charge >= 0.3 is 0 Å². The molecular weight excluding hydrogens is 224 g/mol. The van der Waals surface area contributed by atoms with Gasteiger partial charge in [0.25, 0.3) is 0 Å². The summed E-state index contributed by atoms with van der Waals surface area (Å²) in [5, 5.41) is 9.27. The van der Waals surface area contributed by atoms with Gasteiger partial charge in [0.2, 0.25) is 0 Å². The maximum absolute atomic E-state index is 9.27. The zero-order chi connectivity index (χ0) is 12.4. The summed E-state index contributed by atoms with van der Waals surface area (Å²) in [6, 6.07) is 15.7. The standard InChI is InChI=1S/C16H16O2/c17-15-7-5-12(6-8-15)9-13-10-14-3-1-2-4-16(14)18-11-13/h1-8,13,17H,9-11H2. The maximum Gasteiger partial charge on any atom is 0.122 e. The molecule has 1 aliphatic heterocycles. The van der Waals surface area contributed by atoms with Gasteiger partial charge in [0.15, 0.2) is 0 Å². The normalized spacial score (nSPS) is 17.9. The van der Waals surface area contributed by atoms with Gasteiger partial charge in [-0.05, 0) is 42.2 Å². The molecule has 2 nitrogen and oxygen atoms in total. The SMILES string of the molecule is Oc1ccc(CC2COc3ccccc3C2)cc1. The molecule has 2 aromatic rings. The molecule has 18 heavy (non-hydrogen) atoms. The first-order valence-electron chi connectivity index (χ1n) is 6.30. The predicted octanol–water partition coefficient (Wildman–Crippen LogP) is 3.19. The molecule has 0 saturated heterocycles. The zero-order valence-electron chi connectivity index (χ0n) is 10.2. The molecule has 0 bridgehead atoms. The summed E-state index contributed by atoms with van der Waals surface area (Å²) < 4.78 is 5.78. The number of hydrogen-bond acceptors (Lipinski definition) is 2. The van der Waals surface area contributed by atoms with Gasteiger partial charge in [-0.15, -0.1) is 0 Å². The molecule has 92 valence electrons. The first-order chi connectivity index (χ1) is 8.81. The lowest BCUT2D eigenvalue weighted by molar-refractivity contribution is 0.221. The average molecular weight is 240 g/mol. The van der Waals surface area contributed by atoms with Crippen molar-refractivity contribution in [2.75, 3.05) is 6.61 Å². The van der Waals surface area contributed by atoms with Crippen molar-refractivity contribution < 1.29 is 9.84 Å². The van der Waals surface area contributed by atoms with Crippen LogP contribution in [0.25, 0.3) is 0 Å². The summed E-state index contributed by atoms with van der Waals surface area (Å²) in [5.74, 6) is 1.87. The second kappa shape index (κ2) is 4.73. The van der Waals surface area contributed by atoms with E-state index >= 15 is 0 Å².